The van der Waals surface area contributed by atoms with Gasteiger partial charge in [-0.05, 0) is 43.2 Å². The van der Waals surface area contributed by atoms with Crippen molar-refractivity contribution in [2.24, 2.45) is 5.92 Å². The van der Waals surface area contributed by atoms with Crippen LogP contribution in [0.15, 0.2) is 53.9 Å². The highest BCUT2D eigenvalue weighted by atomic mass is 35.5. The number of benzene rings is 2. The molecule has 1 aromatic heterocycles. The molecule has 4 rings (SSSR count). The van der Waals surface area contributed by atoms with Crippen LogP contribution in [0, 0.1) is 5.92 Å². The maximum atomic E-state index is 12.2. The Kier molecular flexibility index (Phi) is 5.41. The lowest BCUT2D eigenvalue weighted by molar-refractivity contribution is -0.117. The van der Waals surface area contributed by atoms with Gasteiger partial charge in [0.25, 0.3) is 0 Å². The number of esters is 1. The highest BCUT2D eigenvalue weighted by molar-refractivity contribution is 7.13. The van der Waals surface area contributed by atoms with Gasteiger partial charge in [-0.3, -0.25) is 4.79 Å². The normalized spacial score (nSPS) is 13.2. The fraction of sp³-hybridized carbons (Fsp3) is 0.190. The molecular formula is C21H17ClN2O3S. The lowest BCUT2D eigenvalue weighted by Gasteiger charge is -2.06. The Balaban J connectivity index is 1.34. The molecule has 1 aliphatic carbocycles. The second kappa shape index (κ2) is 8.12. The van der Waals surface area contributed by atoms with E-state index in [2.05, 4.69) is 10.3 Å². The van der Waals surface area contributed by atoms with Crippen molar-refractivity contribution in [1.82, 2.24) is 4.98 Å². The molecule has 1 N–H and O–H groups in total. The Labute approximate surface area is 171 Å². The third kappa shape index (κ3) is 4.40. The standard InChI is InChI=1S/C21H17ClN2O3S/c22-18-4-2-1-3-17(18)20-24-16(12-28-20)11-27-21(26)14-7-9-15(10-8-14)23-19(25)13-5-6-13/h1-4,7-10,12-13H,5-6,11H2,(H,23,25). The molecule has 0 radical (unpaired) electrons. The first kappa shape index (κ1) is 18.7. The summed E-state index contributed by atoms with van der Waals surface area (Å²) in [6.07, 6.45) is 1.90. The number of nitrogens with one attached hydrogen (secondary N) is 1. The minimum absolute atomic E-state index is 0.0354. The van der Waals surface area contributed by atoms with Crippen molar-refractivity contribution < 1.29 is 14.3 Å². The van der Waals surface area contributed by atoms with Crippen LogP contribution in [-0.4, -0.2) is 16.9 Å². The Morgan fingerprint density at radius 2 is 1.89 bits per heavy atom. The number of thiazole rings is 1. The monoisotopic (exact) mass is 412 g/mol. The molecule has 0 atom stereocenters. The van der Waals surface area contributed by atoms with Crippen molar-refractivity contribution in [3.8, 4) is 10.6 Å². The number of ether oxygens (including phenoxy) is 1. The van der Waals surface area contributed by atoms with E-state index < -0.39 is 5.97 Å². The van der Waals surface area contributed by atoms with Gasteiger partial charge in [-0.25, -0.2) is 9.78 Å². The Bertz CT molecular complexity index is 1010. The van der Waals surface area contributed by atoms with E-state index in [0.29, 0.717) is 22.0 Å². The topological polar surface area (TPSA) is 68.3 Å². The highest BCUT2D eigenvalue weighted by Crippen LogP contribution is 2.31. The Hall–Kier alpha value is -2.70. The van der Waals surface area contributed by atoms with E-state index in [0.717, 1.165) is 23.4 Å². The van der Waals surface area contributed by atoms with Crippen LogP contribution in [0.2, 0.25) is 5.02 Å². The van der Waals surface area contributed by atoms with E-state index in [-0.39, 0.29) is 18.4 Å². The van der Waals surface area contributed by atoms with Gasteiger partial charge in [0.1, 0.15) is 11.6 Å². The smallest absolute Gasteiger partial charge is 0.338 e. The van der Waals surface area contributed by atoms with Crippen LogP contribution in [0.3, 0.4) is 0 Å². The number of carbonyl (C=O) groups excluding carboxylic acids is 2. The lowest BCUT2D eigenvalue weighted by Crippen LogP contribution is -2.13. The molecule has 3 aromatic rings. The Morgan fingerprint density at radius 1 is 1.14 bits per heavy atom. The third-order valence-electron chi connectivity index (χ3n) is 4.34. The average Bonchev–Trinajstić information content (AvgIpc) is 3.46. The number of amides is 1. The summed E-state index contributed by atoms with van der Waals surface area (Å²) in [7, 11) is 0. The number of halogens is 1. The summed E-state index contributed by atoms with van der Waals surface area (Å²) in [6, 6.07) is 14.2. The molecule has 0 unspecified atom stereocenters. The summed E-state index contributed by atoms with van der Waals surface area (Å²) >= 11 is 7.65. The highest BCUT2D eigenvalue weighted by Gasteiger charge is 2.29. The van der Waals surface area contributed by atoms with Gasteiger partial charge in [-0.2, -0.15) is 0 Å². The molecule has 1 saturated carbocycles. The van der Waals surface area contributed by atoms with Gasteiger partial charge < -0.3 is 10.1 Å². The fourth-order valence-electron chi connectivity index (χ4n) is 2.63. The molecule has 1 amide bonds. The first-order valence-corrected chi connectivity index (χ1v) is 10.1. The van der Waals surface area contributed by atoms with E-state index in [1.807, 2.05) is 29.6 Å². The summed E-state index contributed by atoms with van der Waals surface area (Å²) in [5.74, 6) is -0.265. The van der Waals surface area contributed by atoms with Crippen LogP contribution in [-0.2, 0) is 16.1 Å². The van der Waals surface area contributed by atoms with Crippen molar-refractivity contribution >= 4 is 40.5 Å². The molecule has 1 aliphatic rings. The number of rotatable bonds is 6. The first-order chi connectivity index (χ1) is 13.6. The van der Waals surface area contributed by atoms with Crippen molar-refractivity contribution in [1.29, 1.82) is 0 Å². The molecule has 1 fully saturated rings. The molecule has 1 heterocycles. The van der Waals surface area contributed by atoms with Gasteiger partial charge >= 0.3 is 5.97 Å². The van der Waals surface area contributed by atoms with Gasteiger partial charge in [0.2, 0.25) is 5.91 Å². The van der Waals surface area contributed by atoms with E-state index in [4.69, 9.17) is 16.3 Å². The molecule has 0 saturated heterocycles. The molecule has 2 aromatic carbocycles. The lowest BCUT2D eigenvalue weighted by atomic mass is 10.2. The van der Waals surface area contributed by atoms with Crippen molar-refractivity contribution in [3.63, 3.8) is 0 Å². The van der Waals surface area contributed by atoms with E-state index in [9.17, 15) is 9.59 Å². The number of hydrogen-bond acceptors (Lipinski definition) is 5. The Morgan fingerprint density at radius 3 is 2.61 bits per heavy atom. The fourth-order valence-corrected chi connectivity index (χ4v) is 3.76. The van der Waals surface area contributed by atoms with E-state index in [1.54, 1.807) is 24.3 Å². The minimum atomic E-state index is -0.438. The second-order valence-electron chi connectivity index (χ2n) is 6.54. The van der Waals surface area contributed by atoms with Crippen LogP contribution in [0.4, 0.5) is 5.69 Å². The zero-order valence-electron chi connectivity index (χ0n) is 14.9. The number of carbonyl (C=O) groups is 2. The second-order valence-corrected chi connectivity index (χ2v) is 7.81. The number of nitrogens with zero attached hydrogens (tertiary/aromatic N) is 1. The molecular weight excluding hydrogens is 396 g/mol. The number of hydrogen-bond donors (Lipinski definition) is 1. The molecule has 5 nitrogen and oxygen atoms in total. The molecule has 142 valence electrons. The van der Waals surface area contributed by atoms with Crippen LogP contribution in [0.25, 0.3) is 10.6 Å². The predicted octanol–water partition coefficient (Wildman–Crippen LogP) is 5.17. The van der Waals surface area contributed by atoms with Gasteiger partial charge in [0, 0.05) is 22.5 Å². The molecule has 28 heavy (non-hydrogen) atoms. The van der Waals surface area contributed by atoms with Crippen molar-refractivity contribution in [2.75, 3.05) is 5.32 Å². The van der Waals surface area contributed by atoms with E-state index >= 15 is 0 Å². The zero-order valence-corrected chi connectivity index (χ0v) is 16.4. The molecule has 0 aliphatic heterocycles. The van der Waals surface area contributed by atoms with Crippen LogP contribution in [0.1, 0.15) is 28.9 Å². The van der Waals surface area contributed by atoms with Crippen LogP contribution < -0.4 is 5.32 Å². The summed E-state index contributed by atoms with van der Waals surface area (Å²) in [4.78, 5) is 28.5. The third-order valence-corrected chi connectivity index (χ3v) is 5.60. The molecule has 0 spiro atoms. The first-order valence-electron chi connectivity index (χ1n) is 8.87. The van der Waals surface area contributed by atoms with Crippen LogP contribution in [0.5, 0.6) is 0 Å². The van der Waals surface area contributed by atoms with Crippen molar-refractivity contribution in [3.05, 3.63) is 70.2 Å². The summed E-state index contributed by atoms with van der Waals surface area (Å²) in [5.41, 5.74) is 2.63. The van der Waals surface area contributed by atoms with Gasteiger partial charge in [-0.15, -0.1) is 11.3 Å². The van der Waals surface area contributed by atoms with Gasteiger partial charge in [0.05, 0.1) is 16.3 Å². The maximum absolute atomic E-state index is 12.2. The predicted molar refractivity (Wildman–Crippen MR) is 109 cm³/mol. The largest absolute Gasteiger partial charge is 0.456 e. The quantitative estimate of drug-likeness (QED) is 0.567. The van der Waals surface area contributed by atoms with Crippen LogP contribution >= 0.6 is 22.9 Å². The molecule has 7 heteroatoms. The van der Waals surface area contributed by atoms with E-state index in [1.165, 1.54) is 11.3 Å². The SMILES string of the molecule is O=C(OCc1csc(-c2ccccc2Cl)n1)c1ccc(NC(=O)C2CC2)cc1. The minimum Gasteiger partial charge on any atom is -0.456 e. The van der Waals surface area contributed by atoms with Gasteiger partial charge in [0.15, 0.2) is 0 Å². The van der Waals surface area contributed by atoms with Gasteiger partial charge in [-0.1, -0.05) is 29.8 Å². The zero-order chi connectivity index (χ0) is 19.5. The molecule has 0 bridgehead atoms. The average molecular weight is 413 g/mol. The number of aromatic nitrogens is 1. The summed E-state index contributed by atoms with van der Waals surface area (Å²) in [6.45, 7) is 0.0833. The number of anilines is 1. The maximum Gasteiger partial charge on any atom is 0.338 e. The van der Waals surface area contributed by atoms with Crippen molar-refractivity contribution in [2.45, 2.75) is 19.4 Å². The summed E-state index contributed by atoms with van der Waals surface area (Å²) < 4.78 is 5.35. The summed E-state index contributed by atoms with van der Waals surface area (Å²) in [5, 5.41) is 6.11.